The number of carbonyl (C=O) groups is 3. The minimum atomic E-state index is -0.713. The molecule has 0 heterocycles. The average molecular weight is 387 g/mol. The maximum Gasteiger partial charge on any atom is 0.408 e. The van der Waals surface area contributed by atoms with Crippen molar-refractivity contribution in [2.75, 3.05) is 17.2 Å². The molecule has 2 aromatic rings. The van der Waals surface area contributed by atoms with Crippen molar-refractivity contribution in [1.82, 2.24) is 5.32 Å². The van der Waals surface area contributed by atoms with Crippen LogP contribution in [-0.4, -0.2) is 30.1 Å². The highest BCUT2D eigenvalue weighted by atomic mass is 19.1. The van der Waals surface area contributed by atoms with Gasteiger partial charge in [-0.1, -0.05) is 18.2 Å². The standard InChI is InChI=1S/C20H22FN3O4/c1-20(2,3)28-19(27)22-12-17(25)23-15-9-4-5-10-16(15)24-18(26)13-7-6-8-14(21)11-13/h4-11H,12H2,1-3H3,(H,22,27)(H,23,25)(H,24,26). The third-order valence-electron chi connectivity index (χ3n) is 3.33. The molecule has 0 atom stereocenters. The van der Waals surface area contributed by atoms with Crippen molar-refractivity contribution in [3.63, 3.8) is 0 Å². The summed E-state index contributed by atoms with van der Waals surface area (Å²) >= 11 is 0. The summed E-state index contributed by atoms with van der Waals surface area (Å²) in [6, 6.07) is 11.8. The van der Waals surface area contributed by atoms with Crippen LogP contribution in [0.4, 0.5) is 20.6 Å². The van der Waals surface area contributed by atoms with E-state index in [1.54, 1.807) is 45.0 Å². The molecule has 0 radical (unpaired) electrons. The van der Waals surface area contributed by atoms with E-state index >= 15 is 0 Å². The fraction of sp³-hybridized carbons (Fsp3) is 0.250. The van der Waals surface area contributed by atoms with E-state index in [-0.39, 0.29) is 12.1 Å². The number of hydrogen-bond donors (Lipinski definition) is 3. The Morgan fingerprint density at radius 1 is 0.964 bits per heavy atom. The normalized spacial score (nSPS) is 10.7. The molecule has 0 aliphatic heterocycles. The monoisotopic (exact) mass is 387 g/mol. The summed E-state index contributed by atoms with van der Waals surface area (Å²) in [5, 5.41) is 7.57. The van der Waals surface area contributed by atoms with Gasteiger partial charge in [-0.25, -0.2) is 9.18 Å². The van der Waals surface area contributed by atoms with E-state index in [0.717, 1.165) is 6.07 Å². The molecule has 0 fully saturated rings. The molecule has 3 amide bonds. The zero-order chi connectivity index (χ0) is 20.7. The number of carbonyl (C=O) groups excluding carboxylic acids is 3. The van der Waals surface area contributed by atoms with Crippen LogP contribution in [0.3, 0.4) is 0 Å². The Kier molecular flexibility index (Phi) is 6.70. The molecule has 0 spiro atoms. The first kappa shape index (κ1) is 20.9. The molecule has 0 aliphatic rings. The van der Waals surface area contributed by atoms with Gasteiger partial charge in [0.15, 0.2) is 0 Å². The Morgan fingerprint density at radius 2 is 1.61 bits per heavy atom. The van der Waals surface area contributed by atoms with Crippen molar-refractivity contribution >= 4 is 29.3 Å². The van der Waals surface area contributed by atoms with Gasteiger partial charge in [-0.2, -0.15) is 0 Å². The van der Waals surface area contributed by atoms with E-state index in [4.69, 9.17) is 4.74 Å². The lowest BCUT2D eigenvalue weighted by atomic mass is 10.2. The van der Waals surface area contributed by atoms with Gasteiger partial charge in [0.2, 0.25) is 5.91 Å². The van der Waals surface area contributed by atoms with Crippen LogP contribution in [0.15, 0.2) is 48.5 Å². The summed E-state index contributed by atoms with van der Waals surface area (Å²) in [6.07, 6.45) is -0.713. The second-order valence-corrected chi connectivity index (χ2v) is 6.91. The number of benzene rings is 2. The summed E-state index contributed by atoms with van der Waals surface area (Å²) in [5.74, 6) is -1.55. The van der Waals surface area contributed by atoms with Crippen LogP contribution in [0.2, 0.25) is 0 Å². The smallest absolute Gasteiger partial charge is 0.408 e. The Hall–Kier alpha value is -3.42. The minimum Gasteiger partial charge on any atom is -0.444 e. The molecular weight excluding hydrogens is 365 g/mol. The van der Waals surface area contributed by atoms with Gasteiger partial charge in [0.25, 0.3) is 5.91 Å². The first-order valence-corrected chi connectivity index (χ1v) is 8.57. The average Bonchev–Trinajstić information content (AvgIpc) is 2.60. The van der Waals surface area contributed by atoms with E-state index < -0.39 is 29.3 Å². The Balaban J connectivity index is 1.98. The van der Waals surface area contributed by atoms with Gasteiger partial charge in [-0.15, -0.1) is 0 Å². The molecule has 0 aliphatic carbocycles. The molecule has 0 bridgehead atoms. The zero-order valence-electron chi connectivity index (χ0n) is 15.8. The van der Waals surface area contributed by atoms with Crippen LogP contribution in [-0.2, 0) is 9.53 Å². The molecule has 3 N–H and O–H groups in total. The third kappa shape index (κ3) is 6.71. The number of anilines is 2. The van der Waals surface area contributed by atoms with Gasteiger partial charge >= 0.3 is 6.09 Å². The molecule has 0 saturated heterocycles. The Labute approximate surface area is 162 Å². The number of hydrogen-bond acceptors (Lipinski definition) is 4. The molecule has 2 rings (SSSR count). The van der Waals surface area contributed by atoms with Crippen molar-refractivity contribution in [1.29, 1.82) is 0 Å². The maximum atomic E-state index is 13.3. The van der Waals surface area contributed by atoms with Crippen LogP contribution in [0, 0.1) is 5.82 Å². The van der Waals surface area contributed by atoms with Crippen molar-refractivity contribution in [2.24, 2.45) is 0 Å². The molecular formula is C20H22FN3O4. The molecule has 0 unspecified atom stereocenters. The highest BCUT2D eigenvalue weighted by Gasteiger charge is 2.17. The van der Waals surface area contributed by atoms with Gasteiger partial charge in [-0.05, 0) is 51.1 Å². The third-order valence-corrected chi connectivity index (χ3v) is 3.33. The van der Waals surface area contributed by atoms with Gasteiger partial charge in [0.1, 0.15) is 18.0 Å². The number of amides is 3. The quantitative estimate of drug-likeness (QED) is 0.731. The van der Waals surface area contributed by atoms with Crippen LogP contribution >= 0.6 is 0 Å². The molecule has 28 heavy (non-hydrogen) atoms. The molecule has 0 aromatic heterocycles. The summed E-state index contributed by atoms with van der Waals surface area (Å²) in [5.41, 5.74) is 0.146. The van der Waals surface area contributed by atoms with E-state index in [1.807, 2.05) is 0 Å². The van der Waals surface area contributed by atoms with Crippen LogP contribution in [0.1, 0.15) is 31.1 Å². The van der Waals surface area contributed by atoms with Crippen molar-refractivity contribution < 1.29 is 23.5 Å². The number of halogens is 1. The second-order valence-electron chi connectivity index (χ2n) is 6.91. The lowest BCUT2D eigenvalue weighted by molar-refractivity contribution is -0.115. The number of ether oxygens (including phenoxy) is 1. The fourth-order valence-electron chi connectivity index (χ4n) is 2.19. The first-order valence-electron chi connectivity index (χ1n) is 8.57. The van der Waals surface area contributed by atoms with E-state index in [9.17, 15) is 18.8 Å². The number of nitrogens with one attached hydrogen (secondary N) is 3. The number of para-hydroxylation sites is 2. The Bertz CT molecular complexity index is 878. The van der Waals surface area contributed by atoms with E-state index in [1.165, 1.54) is 18.2 Å². The maximum absolute atomic E-state index is 13.3. The summed E-state index contributed by atoms with van der Waals surface area (Å²) in [7, 11) is 0. The second kappa shape index (κ2) is 8.98. The number of rotatable bonds is 5. The fourth-order valence-corrected chi connectivity index (χ4v) is 2.19. The van der Waals surface area contributed by atoms with Gasteiger partial charge in [0.05, 0.1) is 11.4 Å². The largest absolute Gasteiger partial charge is 0.444 e. The van der Waals surface area contributed by atoms with Gasteiger partial charge in [-0.3, -0.25) is 9.59 Å². The van der Waals surface area contributed by atoms with Crippen molar-refractivity contribution in [2.45, 2.75) is 26.4 Å². The van der Waals surface area contributed by atoms with Crippen molar-refractivity contribution in [3.05, 3.63) is 59.9 Å². The first-order chi connectivity index (χ1) is 13.1. The lowest BCUT2D eigenvalue weighted by Gasteiger charge is -2.19. The van der Waals surface area contributed by atoms with E-state index in [2.05, 4.69) is 16.0 Å². The summed E-state index contributed by atoms with van der Waals surface area (Å²) < 4.78 is 18.3. The molecule has 2 aromatic carbocycles. The predicted molar refractivity (Wildman–Crippen MR) is 104 cm³/mol. The molecule has 8 heteroatoms. The summed E-state index contributed by atoms with van der Waals surface area (Å²) in [6.45, 7) is 4.83. The lowest BCUT2D eigenvalue weighted by Crippen LogP contribution is -2.37. The Morgan fingerprint density at radius 3 is 2.21 bits per heavy atom. The highest BCUT2D eigenvalue weighted by molar-refractivity contribution is 6.07. The van der Waals surface area contributed by atoms with Gasteiger partial charge < -0.3 is 20.7 Å². The van der Waals surface area contributed by atoms with Crippen LogP contribution in [0.25, 0.3) is 0 Å². The predicted octanol–water partition coefficient (Wildman–Crippen LogP) is 3.54. The minimum absolute atomic E-state index is 0.146. The van der Waals surface area contributed by atoms with Crippen molar-refractivity contribution in [3.8, 4) is 0 Å². The zero-order valence-corrected chi connectivity index (χ0v) is 15.8. The van der Waals surface area contributed by atoms with E-state index in [0.29, 0.717) is 11.4 Å². The highest BCUT2D eigenvalue weighted by Crippen LogP contribution is 2.21. The van der Waals surface area contributed by atoms with Gasteiger partial charge in [0, 0.05) is 5.56 Å². The number of alkyl carbamates (subject to hydrolysis) is 1. The molecule has 7 nitrogen and oxygen atoms in total. The molecule has 0 saturated carbocycles. The van der Waals surface area contributed by atoms with Crippen LogP contribution < -0.4 is 16.0 Å². The van der Waals surface area contributed by atoms with Crippen LogP contribution in [0.5, 0.6) is 0 Å². The topological polar surface area (TPSA) is 96.5 Å². The molecule has 148 valence electrons. The summed E-state index contributed by atoms with van der Waals surface area (Å²) in [4.78, 5) is 36.0. The SMILES string of the molecule is CC(C)(C)OC(=O)NCC(=O)Nc1ccccc1NC(=O)c1cccc(F)c1.